The number of nitrogens with one attached hydrogen (secondary N) is 1. The van der Waals surface area contributed by atoms with Crippen LogP contribution in [0.5, 0.6) is 0 Å². The quantitative estimate of drug-likeness (QED) is 0.848. The van der Waals surface area contributed by atoms with Gasteiger partial charge in [-0.25, -0.2) is 8.78 Å². The summed E-state index contributed by atoms with van der Waals surface area (Å²) in [5.74, 6) is -1.81. The molecule has 2 rings (SSSR count). The van der Waals surface area contributed by atoms with E-state index in [2.05, 4.69) is 17.1 Å². The molecule has 1 aromatic carbocycles. The van der Waals surface area contributed by atoms with Gasteiger partial charge in [-0.05, 0) is 63.5 Å². The van der Waals surface area contributed by atoms with Gasteiger partial charge < -0.3 is 15.3 Å². The smallest absolute Gasteiger partial charge is 0.159 e. The normalized spacial score (nSPS) is 20.0. The molecule has 1 aromatic rings. The molecule has 1 aliphatic rings. The highest BCUT2D eigenvalue weighted by Crippen LogP contribution is 2.21. The number of rotatable bonds is 6. The van der Waals surface area contributed by atoms with Crippen LogP contribution in [0.4, 0.5) is 8.78 Å². The molecule has 0 spiro atoms. The van der Waals surface area contributed by atoms with Gasteiger partial charge in [-0.3, -0.25) is 0 Å². The van der Waals surface area contributed by atoms with E-state index >= 15 is 0 Å². The summed E-state index contributed by atoms with van der Waals surface area (Å²) in [6.45, 7) is 7.34. The van der Waals surface area contributed by atoms with E-state index in [1.54, 1.807) is 0 Å². The number of aliphatic hydroxyl groups is 1. The highest BCUT2D eigenvalue weighted by atomic mass is 19.2. The van der Waals surface area contributed by atoms with E-state index in [0.717, 1.165) is 44.6 Å². The molecule has 0 aliphatic carbocycles. The van der Waals surface area contributed by atoms with Crippen LogP contribution in [0, 0.1) is 11.6 Å². The molecule has 2 atom stereocenters. The lowest BCUT2D eigenvalue weighted by Gasteiger charge is -2.34. The fourth-order valence-electron chi connectivity index (χ4n) is 3.09. The van der Waals surface area contributed by atoms with E-state index in [4.69, 9.17) is 0 Å². The van der Waals surface area contributed by atoms with Crippen LogP contribution in [0.3, 0.4) is 0 Å². The number of halogens is 2. The molecule has 0 amide bonds. The SMILES string of the molecule is CCCN1CCC(NC(C)C(O)c2ccc(F)c(F)c2)CC1. The zero-order valence-corrected chi connectivity index (χ0v) is 13.4. The Kier molecular flexibility index (Phi) is 6.29. The van der Waals surface area contributed by atoms with Crippen molar-refractivity contribution < 1.29 is 13.9 Å². The largest absolute Gasteiger partial charge is 0.387 e. The van der Waals surface area contributed by atoms with Gasteiger partial charge in [0.15, 0.2) is 11.6 Å². The number of likely N-dealkylation sites (tertiary alicyclic amines) is 1. The summed E-state index contributed by atoms with van der Waals surface area (Å²) in [5.41, 5.74) is 0.405. The summed E-state index contributed by atoms with van der Waals surface area (Å²) in [6.07, 6.45) is 2.43. The second-order valence-electron chi connectivity index (χ2n) is 6.19. The van der Waals surface area contributed by atoms with E-state index in [1.807, 2.05) is 6.92 Å². The van der Waals surface area contributed by atoms with Crippen LogP contribution in [0.2, 0.25) is 0 Å². The van der Waals surface area contributed by atoms with Gasteiger partial charge in [-0.15, -0.1) is 0 Å². The van der Waals surface area contributed by atoms with Crippen LogP contribution in [-0.4, -0.2) is 41.7 Å². The fraction of sp³-hybridized carbons (Fsp3) is 0.647. The average Bonchev–Trinajstić information content (AvgIpc) is 2.51. The first-order valence-corrected chi connectivity index (χ1v) is 8.12. The van der Waals surface area contributed by atoms with Gasteiger partial charge in [0.05, 0.1) is 6.10 Å². The molecule has 2 unspecified atom stereocenters. The fourth-order valence-corrected chi connectivity index (χ4v) is 3.09. The van der Waals surface area contributed by atoms with Crippen molar-refractivity contribution in [2.24, 2.45) is 0 Å². The number of nitrogens with zero attached hydrogens (tertiary/aromatic N) is 1. The number of hydrogen-bond donors (Lipinski definition) is 2. The van der Waals surface area contributed by atoms with Crippen molar-refractivity contribution in [1.82, 2.24) is 10.2 Å². The molecule has 5 heteroatoms. The molecule has 0 aromatic heterocycles. The Morgan fingerprint density at radius 2 is 1.95 bits per heavy atom. The maximum atomic E-state index is 13.3. The average molecular weight is 312 g/mol. The van der Waals surface area contributed by atoms with Crippen molar-refractivity contribution in [2.75, 3.05) is 19.6 Å². The Balaban J connectivity index is 1.86. The minimum absolute atomic E-state index is 0.201. The van der Waals surface area contributed by atoms with Crippen LogP contribution >= 0.6 is 0 Å². The van der Waals surface area contributed by atoms with Crippen molar-refractivity contribution in [2.45, 2.75) is 51.3 Å². The topological polar surface area (TPSA) is 35.5 Å². The van der Waals surface area contributed by atoms with Crippen molar-refractivity contribution in [1.29, 1.82) is 0 Å². The van der Waals surface area contributed by atoms with Crippen molar-refractivity contribution in [3.8, 4) is 0 Å². The first kappa shape index (κ1) is 17.3. The van der Waals surface area contributed by atoms with E-state index in [9.17, 15) is 13.9 Å². The second-order valence-corrected chi connectivity index (χ2v) is 6.19. The predicted molar refractivity (Wildman–Crippen MR) is 83.7 cm³/mol. The summed E-state index contributed by atoms with van der Waals surface area (Å²) in [6, 6.07) is 3.73. The summed E-state index contributed by atoms with van der Waals surface area (Å²) in [7, 11) is 0. The molecule has 0 radical (unpaired) electrons. The molecule has 22 heavy (non-hydrogen) atoms. The van der Waals surface area contributed by atoms with Gasteiger partial charge in [0, 0.05) is 12.1 Å². The van der Waals surface area contributed by atoms with Crippen LogP contribution in [0.1, 0.15) is 44.8 Å². The maximum absolute atomic E-state index is 13.3. The lowest BCUT2D eigenvalue weighted by atomic mass is 9.99. The van der Waals surface area contributed by atoms with E-state index in [1.165, 1.54) is 12.5 Å². The number of hydrogen-bond acceptors (Lipinski definition) is 3. The highest BCUT2D eigenvalue weighted by molar-refractivity contribution is 5.21. The Bertz CT molecular complexity index is 476. The molecule has 3 nitrogen and oxygen atoms in total. The highest BCUT2D eigenvalue weighted by Gasteiger charge is 2.24. The molecular weight excluding hydrogens is 286 g/mol. The van der Waals surface area contributed by atoms with Gasteiger partial charge in [0.1, 0.15) is 0 Å². The molecule has 2 N–H and O–H groups in total. The molecular formula is C17H26F2N2O. The summed E-state index contributed by atoms with van der Waals surface area (Å²) >= 11 is 0. The summed E-state index contributed by atoms with van der Waals surface area (Å²) in [4.78, 5) is 2.45. The van der Waals surface area contributed by atoms with Gasteiger partial charge in [-0.2, -0.15) is 0 Å². The molecule has 124 valence electrons. The Labute approximate surface area is 131 Å². The van der Waals surface area contributed by atoms with E-state index in [0.29, 0.717) is 11.6 Å². The Hall–Kier alpha value is -1.04. The molecule has 1 fully saturated rings. The van der Waals surface area contributed by atoms with Crippen LogP contribution in [-0.2, 0) is 0 Å². The van der Waals surface area contributed by atoms with Crippen LogP contribution in [0.25, 0.3) is 0 Å². The molecule has 1 heterocycles. The van der Waals surface area contributed by atoms with Crippen molar-refractivity contribution in [3.05, 3.63) is 35.4 Å². The van der Waals surface area contributed by atoms with Crippen molar-refractivity contribution in [3.63, 3.8) is 0 Å². The van der Waals surface area contributed by atoms with Gasteiger partial charge in [0.2, 0.25) is 0 Å². The summed E-state index contributed by atoms with van der Waals surface area (Å²) in [5, 5.41) is 13.7. The maximum Gasteiger partial charge on any atom is 0.159 e. The molecule has 0 bridgehead atoms. The first-order chi connectivity index (χ1) is 10.5. The van der Waals surface area contributed by atoms with Gasteiger partial charge in [-0.1, -0.05) is 13.0 Å². The second kappa shape index (κ2) is 7.99. The third-order valence-electron chi connectivity index (χ3n) is 4.38. The van der Waals surface area contributed by atoms with Crippen LogP contribution in [0.15, 0.2) is 18.2 Å². The third kappa shape index (κ3) is 4.48. The van der Waals surface area contributed by atoms with E-state index < -0.39 is 17.7 Å². The minimum Gasteiger partial charge on any atom is -0.387 e. The van der Waals surface area contributed by atoms with Gasteiger partial charge >= 0.3 is 0 Å². The number of aliphatic hydroxyl groups excluding tert-OH is 1. The number of benzene rings is 1. The lowest BCUT2D eigenvalue weighted by molar-refractivity contribution is 0.115. The molecule has 0 saturated carbocycles. The number of piperidine rings is 1. The van der Waals surface area contributed by atoms with Gasteiger partial charge in [0.25, 0.3) is 0 Å². The zero-order chi connectivity index (χ0) is 16.1. The monoisotopic (exact) mass is 312 g/mol. The third-order valence-corrected chi connectivity index (χ3v) is 4.38. The van der Waals surface area contributed by atoms with E-state index in [-0.39, 0.29) is 6.04 Å². The lowest BCUT2D eigenvalue weighted by Crippen LogP contribution is -2.47. The first-order valence-electron chi connectivity index (χ1n) is 8.12. The van der Waals surface area contributed by atoms with Crippen molar-refractivity contribution >= 4 is 0 Å². The summed E-state index contributed by atoms with van der Waals surface area (Å²) < 4.78 is 26.2. The minimum atomic E-state index is -0.920. The Morgan fingerprint density at radius 1 is 1.27 bits per heavy atom. The Morgan fingerprint density at radius 3 is 2.55 bits per heavy atom. The standard InChI is InChI=1S/C17H26F2N2O/c1-3-8-21-9-6-14(7-10-21)20-12(2)17(22)13-4-5-15(18)16(19)11-13/h4-5,11-12,14,17,20,22H,3,6-10H2,1-2H3. The zero-order valence-electron chi connectivity index (χ0n) is 13.4. The van der Waals surface area contributed by atoms with Crippen LogP contribution < -0.4 is 5.32 Å². The predicted octanol–water partition coefficient (Wildman–Crippen LogP) is 2.85. The molecule has 1 aliphatic heterocycles. The molecule has 1 saturated heterocycles.